The molecule has 1 aliphatic carbocycles. The first kappa shape index (κ1) is 10.6. The van der Waals surface area contributed by atoms with Crippen molar-refractivity contribution in [3.8, 4) is 0 Å². The van der Waals surface area contributed by atoms with E-state index in [1.165, 1.54) is 12.8 Å². The molecular formula is C11H19N3O. The van der Waals surface area contributed by atoms with Crippen LogP contribution in [0.3, 0.4) is 0 Å². The van der Waals surface area contributed by atoms with E-state index in [4.69, 9.17) is 0 Å². The van der Waals surface area contributed by atoms with Gasteiger partial charge in [0.15, 0.2) is 0 Å². The number of rotatable bonds is 5. The maximum atomic E-state index is 10.0. The zero-order valence-electron chi connectivity index (χ0n) is 9.40. The molecule has 0 saturated heterocycles. The average Bonchev–Trinajstić information content (AvgIpc) is 2.97. The first-order valence-corrected chi connectivity index (χ1v) is 5.64. The third-order valence-electron chi connectivity index (χ3n) is 2.81. The third kappa shape index (κ3) is 2.58. The Morgan fingerprint density at radius 3 is 3.00 bits per heavy atom. The molecule has 1 saturated carbocycles. The number of hydrogen-bond donors (Lipinski definition) is 2. The molecule has 0 aromatic carbocycles. The van der Waals surface area contributed by atoms with Gasteiger partial charge in [-0.3, -0.25) is 4.68 Å². The van der Waals surface area contributed by atoms with E-state index in [2.05, 4.69) is 17.3 Å². The first-order chi connectivity index (χ1) is 7.20. The molecule has 4 nitrogen and oxygen atoms in total. The molecule has 15 heavy (non-hydrogen) atoms. The van der Waals surface area contributed by atoms with Crippen molar-refractivity contribution in [3.05, 3.63) is 17.5 Å². The van der Waals surface area contributed by atoms with Crippen LogP contribution in [0, 0.1) is 0 Å². The van der Waals surface area contributed by atoms with Crippen LogP contribution in [0.4, 0.5) is 0 Å². The van der Waals surface area contributed by atoms with Gasteiger partial charge in [0.2, 0.25) is 0 Å². The number of aliphatic hydroxyl groups is 1. The molecule has 0 spiro atoms. The monoisotopic (exact) mass is 209 g/mol. The molecule has 1 heterocycles. The van der Waals surface area contributed by atoms with E-state index in [0.29, 0.717) is 12.6 Å². The fourth-order valence-corrected chi connectivity index (χ4v) is 1.78. The maximum absolute atomic E-state index is 10.0. The quantitative estimate of drug-likeness (QED) is 0.753. The summed E-state index contributed by atoms with van der Waals surface area (Å²) in [6.45, 7) is 2.70. The zero-order chi connectivity index (χ0) is 10.8. The van der Waals surface area contributed by atoms with Crippen molar-refractivity contribution in [2.45, 2.75) is 38.3 Å². The fraction of sp³-hybridized carbons (Fsp3) is 0.727. The Labute approximate surface area is 90.3 Å². The summed E-state index contributed by atoms with van der Waals surface area (Å²) in [6.07, 6.45) is 4.87. The highest BCUT2D eigenvalue weighted by Gasteiger charge is 2.23. The Hall–Kier alpha value is -0.870. The third-order valence-corrected chi connectivity index (χ3v) is 2.81. The number of aryl methyl sites for hydroxylation is 2. The van der Waals surface area contributed by atoms with Crippen molar-refractivity contribution in [2.75, 3.05) is 6.54 Å². The van der Waals surface area contributed by atoms with Crippen molar-refractivity contribution in [1.82, 2.24) is 15.1 Å². The summed E-state index contributed by atoms with van der Waals surface area (Å²) in [5, 5.41) is 17.7. The van der Waals surface area contributed by atoms with E-state index in [-0.39, 0.29) is 0 Å². The highest BCUT2D eigenvalue weighted by atomic mass is 16.3. The molecule has 84 valence electrons. The van der Waals surface area contributed by atoms with E-state index >= 15 is 0 Å². The molecule has 0 aliphatic heterocycles. The molecule has 1 aromatic rings. The summed E-state index contributed by atoms with van der Waals surface area (Å²) in [6, 6.07) is 0.640. The summed E-state index contributed by atoms with van der Waals surface area (Å²) >= 11 is 0. The minimum absolute atomic E-state index is 0.422. The van der Waals surface area contributed by atoms with Gasteiger partial charge in [-0.2, -0.15) is 5.10 Å². The summed E-state index contributed by atoms with van der Waals surface area (Å²) in [7, 11) is 1.89. The van der Waals surface area contributed by atoms with Gasteiger partial charge < -0.3 is 10.4 Å². The Bertz CT molecular complexity index is 331. The van der Waals surface area contributed by atoms with Crippen LogP contribution in [0.25, 0.3) is 0 Å². The molecule has 1 unspecified atom stereocenters. The van der Waals surface area contributed by atoms with Crippen molar-refractivity contribution in [3.63, 3.8) is 0 Å². The molecule has 0 bridgehead atoms. The number of aromatic nitrogens is 2. The zero-order valence-corrected chi connectivity index (χ0v) is 9.40. The number of nitrogens with zero attached hydrogens (tertiary/aromatic N) is 2. The van der Waals surface area contributed by atoms with Crippen molar-refractivity contribution < 1.29 is 5.11 Å². The highest BCUT2D eigenvalue weighted by Crippen LogP contribution is 2.21. The predicted molar refractivity (Wildman–Crippen MR) is 58.6 cm³/mol. The SMILES string of the molecule is CCc1nn(C)cc1C(O)CNC1CC1. The number of hydrogen-bond acceptors (Lipinski definition) is 3. The average molecular weight is 209 g/mol. The molecule has 2 N–H and O–H groups in total. The van der Waals surface area contributed by atoms with Crippen LogP contribution >= 0.6 is 0 Å². The second-order valence-electron chi connectivity index (χ2n) is 4.26. The van der Waals surface area contributed by atoms with Gasteiger partial charge in [0, 0.05) is 31.4 Å². The van der Waals surface area contributed by atoms with E-state index in [0.717, 1.165) is 17.7 Å². The van der Waals surface area contributed by atoms with Gasteiger partial charge in [-0.05, 0) is 19.3 Å². The van der Waals surface area contributed by atoms with Crippen LogP contribution in [0.5, 0.6) is 0 Å². The van der Waals surface area contributed by atoms with Crippen LogP contribution in [0.2, 0.25) is 0 Å². The molecule has 0 radical (unpaired) electrons. The van der Waals surface area contributed by atoms with E-state index in [1.54, 1.807) is 4.68 Å². The number of aliphatic hydroxyl groups excluding tert-OH is 1. The molecule has 0 amide bonds. The molecule has 1 aromatic heterocycles. The fourth-order valence-electron chi connectivity index (χ4n) is 1.78. The lowest BCUT2D eigenvalue weighted by Gasteiger charge is -2.10. The van der Waals surface area contributed by atoms with Crippen LogP contribution in [-0.4, -0.2) is 27.5 Å². The molecule has 1 aliphatic rings. The van der Waals surface area contributed by atoms with Gasteiger partial charge in [-0.15, -0.1) is 0 Å². The molecular weight excluding hydrogens is 190 g/mol. The lowest BCUT2D eigenvalue weighted by Crippen LogP contribution is -2.23. The van der Waals surface area contributed by atoms with Gasteiger partial charge in [0.05, 0.1) is 11.8 Å². The summed E-state index contributed by atoms with van der Waals surface area (Å²) in [5.41, 5.74) is 1.97. The Morgan fingerprint density at radius 2 is 2.40 bits per heavy atom. The second-order valence-corrected chi connectivity index (χ2v) is 4.26. The topological polar surface area (TPSA) is 50.1 Å². The van der Waals surface area contributed by atoms with Gasteiger partial charge in [0.25, 0.3) is 0 Å². The summed E-state index contributed by atoms with van der Waals surface area (Å²) < 4.78 is 1.77. The lowest BCUT2D eigenvalue weighted by atomic mass is 10.1. The normalized spacial score (nSPS) is 18.1. The Morgan fingerprint density at radius 1 is 1.67 bits per heavy atom. The maximum Gasteiger partial charge on any atom is 0.0947 e. The predicted octanol–water partition coefficient (Wildman–Crippen LogP) is 0.768. The second kappa shape index (κ2) is 4.33. The summed E-state index contributed by atoms with van der Waals surface area (Å²) in [4.78, 5) is 0. The molecule has 1 fully saturated rings. The number of nitrogens with one attached hydrogen (secondary N) is 1. The first-order valence-electron chi connectivity index (χ1n) is 5.64. The Balaban J connectivity index is 1.98. The van der Waals surface area contributed by atoms with Crippen LogP contribution < -0.4 is 5.32 Å². The van der Waals surface area contributed by atoms with Gasteiger partial charge in [0.1, 0.15) is 0 Å². The molecule has 2 rings (SSSR count). The van der Waals surface area contributed by atoms with Crippen LogP contribution in [0.1, 0.15) is 37.1 Å². The van der Waals surface area contributed by atoms with E-state index in [1.807, 2.05) is 13.2 Å². The molecule has 4 heteroatoms. The van der Waals surface area contributed by atoms with Crippen molar-refractivity contribution in [1.29, 1.82) is 0 Å². The van der Waals surface area contributed by atoms with Gasteiger partial charge >= 0.3 is 0 Å². The van der Waals surface area contributed by atoms with Gasteiger partial charge in [-0.1, -0.05) is 6.92 Å². The van der Waals surface area contributed by atoms with E-state index in [9.17, 15) is 5.11 Å². The van der Waals surface area contributed by atoms with Gasteiger partial charge in [-0.25, -0.2) is 0 Å². The van der Waals surface area contributed by atoms with Crippen molar-refractivity contribution >= 4 is 0 Å². The standard InChI is InChI=1S/C11H19N3O/c1-3-10-9(7-14(2)13-10)11(15)6-12-8-4-5-8/h7-8,11-12,15H,3-6H2,1-2H3. The smallest absolute Gasteiger partial charge is 0.0947 e. The lowest BCUT2D eigenvalue weighted by molar-refractivity contribution is 0.173. The largest absolute Gasteiger partial charge is 0.387 e. The summed E-state index contributed by atoms with van der Waals surface area (Å²) in [5.74, 6) is 0. The Kier molecular flexibility index (Phi) is 3.07. The van der Waals surface area contributed by atoms with Crippen LogP contribution in [-0.2, 0) is 13.5 Å². The van der Waals surface area contributed by atoms with Crippen molar-refractivity contribution in [2.24, 2.45) is 7.05 Å². The molecule has 1 atom stereocenters. The van der Waals surface area contributed by atoms with E-state index < -0.39 is 6.10 Å². The minimum Gasteiger partial charge on any atom is -0.387 e. The highest BCUT2D eigenvalue weighted by molar-refractivity contribution is 5.20. The van der Waals surface area contributed by atoms with Crippen LogP contribution in [0.15, 0.2) is 6.20 Å². The minimum atomic E-state index is -0.422.